The minimum atomic E-state index is -0.587. The van der Waals surface area contributed by atoms with Gasteiger partial charge in [0.25, 0.3) is 0 Å². The molecule has 2 atom stereocenters. The predicted molar refractivity (Wildman–Crippen MR) is 51.9 cm³/mol. The van der Waals surface area contributed by atoms with E-state index in [-0.39, 0.29) is 0 Å². The van der Waals surface area contributed by atoms with Crippen molar-refractivity contribution in [3.63, 3.8) is 0 Å². The molecule has 0 aromatic rings. The van der Waals surface area contributed by atoms with Gasteiger partial charge < -0.3 is 5.11 Å². The topological polar surface area (TPSA) is 20.2 Å². The fraction of sp³-hybridized carbons (Fsp3) is 0.636. The second-order valence-electron chi connectivity index (χ2n) is 4.18. The van der Waals surface area contributed by atoms with Crippen LogP contribution in [0, 0.1) is 5.92 Å². The van der Waals surface area contributed by atoms with Crippen molar-refractivity contribution >= 4 is 0 Å². The summed E-state index contributed by atoms with van der Waals surface area (Å²) < 4.78 is 0. The number of rotatable bonds is 1. The fourth-order valence-electron chi connectivity index (χ4n) is 1.96. The number of aliphatic hydroxyl groups is 1. The molecule has 0 aromatic heterocycles. The second-order valence-corrected chi connectivity index (χ2v) is 4.18. The standard InChI is InChI=1S/C11H18O/c1-8(2)10-5-6-11(4,12)7-9(10)3/h7,10,12H,1,5-6H2,2-4H3/t10?,11-/m0/s1. The average Bonchev–Trinajstić information content (AvgIpc) is 1.83. The Morgan fingerprint density at radius 2 is 2.33 bits per heavy atom. The molecule has 1 nitrogen and oxygen atoms in total. The van der Waals surface area contributed by atoms with Gasteiger partial charge in [-0.3, -0.25) is 0 Å². The zero-order chi connectivity index (χ0) is 9.35. The molecule has 1 aliphatic carbocycles. The van der Waals surface area contributed by atoms with Crippen LogP contribution < -0.4 is 0 Å². The van der Waals surface area contributed by atoms with E-state index in [2.05, 4.69) is 20.4 Å². The molecule has 0 saturated carbocycles. The van der Waals surface area contributed by atoms with Crippen molar-refractivity contribution in [1.82, 2.24) is 0 Å². The third-order valence-corrected chi connectivity index (χ3v) is 2.62. The van der Waals surface area contributed by atoms with Gasteiger partial charge in [-0.15, -0.1) is 0 Å². The van der Waals surface area contributed by atoms with E-state index in [1.54, 1.807) is 0 Å². The van der Waals surface area contributed by atoms with Crippen LogP contribution in [0.3, 0.4) is 0 Å². The third-order valence-electron chi connectivity index (χ3n) is 2.62. The summed E-state index contributed by atoms with van der Waals surface area (Å²) in [6.07, 6.45) is 3.85. The van der Waals surface area contributed by atoms with E-state index in [4.69, 9.17) is 0 Å². The molecule has 0 saturated heterocycles. The lowest BCUT2D eigenvalue weighted by Crippen LogP contribution is -2.27. The molecule has 12 heavy (non-hydrogen) atoms. The van der Waals surface area contributed by atoms with Gasteiger partial charge in [0, 0.05) is 5.92 Å². The van der Waals surface area contributed by atoms with Crippen LogP contribution in [0.25, 0.3) is 0 Å². The molecule has 68 valence electrons. The molecule has 1 aliphatic rings. The van der Waals surface area contributed by atoms with E-state index in [9.17, 15) is 5.11 Å². The molecule has 0 aromatic carbocycles. The Balaban J connectivity index is 2.83. The highest BCUT2D eigenvalue weighted by atomic mass is 16.3. The summed E-state index contributed by atoms with van der Waals surface area (Å²) in [5, 5.41) is 9.74. The SMILES string of the molecule is C=C(C)C1CC[C@](C)(O)C=C1C. The van der Waals surface area contributed by atoms with Gasteiger partial charge in [0.05, 0.1) is 5.60 Å². The predicted octanol–water partition coefficient (Wildman–Crippen LogP) is 2.67. The second kappa shape index (κ2) is 3.06. The molecule has 1 heteroatoms. The van der Waals surface area contributed by atoms with Crippen LogP contribution in [0.1, 0.15) is 33.6 Å². The van der Waals surface area contributed by atoms with Crippen molar-refractivity contribution in [2.24, 2.45) is 5.92 Å². The Hall–Kier alpha value is -0.560. The number of hydrogen-bond donors (Lipinski definition) is 1. The van der Waals surface area contributed by atoms with Crippen LogP contribution in [0.5, 0.6) is 0 Å². The first-order valence-corrected chi connectivity index (χ1v) is 4.49. The molecule has 0 aliphatic heterocycles. The number of allylic oxidation sites excluding steroid dienone is 2. The zero-order valence-corrected chi connectivity index (χ0v) is 8.22. The molecule has 1 rings (SSSR count). The first-order chi connectivity index (χ1) is 5.42. The lowest BCUT2D eigenvalue weighted by Gasteiger charge is -2.31. The Kier molecular flexibility index (Phi) is 2.43. The summed E-state index contributed by atoms with van der Waals surface area (Å²) in [7, 11) is 0. The molecule has 0 radical (unpaired) electrons. The smallest absolute Gasteiger partial charge is 0.0802 e. The minimum absolute atomic E-state index is 0.491. The number of hydrogen-bond acceptors (Lipinski definition) is 1. The van der Waals surface area contributed by atoms with Gasteiger partial charge in [-0.05, 0) is 33.6 Å². The van der Waals surface area contributed by atoms with E-state index in [0.29, 0.717) is 5.92 Å². The molecule has 0 bridgehead atoms. The summed E-state index contributed by atoms with van der Waals surface area (Å²) >= 11 is 0. The van der Waals surface area contributed by atoms with E-state index in [1.165, 1.54) is 11.1 Å². The zero-order valence-electron chi connectivity index (χ0n) is 8.22. The van der Waals surface area contributed by atoms with Gasteiger partial charge in [-0.25, -0.2) is 0 Å². The first kappa shape index (κ1) is 9.53. The van der Waals surface area contributed by atoms with Crippen LogP contribution in [0.15, 0.2) is 23.8 Å². The van der Waals surface area contributed by atoms with Crippen LogP contribution >= 0.6 is 0 Å². The third kappa shape index (κ3) is 1.98. The van der Waals surface area contributed by atoms with Crippen LogP contribution in [0.2, 0.25) is 0 Å². The van der Waals surface area contributed by atoms with Gasteiger partial charge in [-0.1, -0.05) is 23.8 Å². The summed E-state index contributed by atoms with van der Waals surface area (Å²) in [6.45, 7) is 9.95. The van der Waals surface area contributed by atoms with Crippen LogP contribution in [-0.4, -0.2) is 10.7 Å². The molecular formula is C11H18O. The average molecular weight is 166 g/mol. The van der Waals surface area contributed by atoms with Crippen molar-refractivity contribution in [2.45, 2.75) is 39.2 Å². The van der Waals surface area contributed by atoms with Crippen molar-refractivity contribution in [3.05, 3.63) is 23.8 Å². The normalized spacial score (nSPS) is 36.0. The van der Waals surface area contributed by atoms with Gasteiger partial charge >= 0.3 is 0 Å². The lowest BCUT2D eigenvalue weighted by molar-refractivity contribution is 0.0880. The van der Waals surface area contributed by atoms with E-state index >= 15 is 0 Å². The molecule has 0 fully saturated rings. The Labute approximate surface area is 74.8 Å². The Bertz CT molecular complexity index is 223. The Morgan fingerprint density at radius 3 is 2.75 bits per heavy atom. The maximum atomic E-state index is 9.74. The largest absolute Gasteiger partial charge is 0.386 e. The Morgan fingerprint density at radius 1 is 1.75 bits per heavy atom. The summed E-state index contributed by atoms with van der Waals surface area (Å²) in [5.41, 5.74) is 1.88. The van der Waals surface area contributed by atoms with Gasteiger partial charge in [-0.2, -0.15) is 0 Å². The van der Waals surface area contributed by atoms with Crippen LogP contribution in [0.4, 0.5) is 0 Å². The summed E-state index contributed by atoms with van der Waals surface area (Å²) in [4.78, 5) is 0. The van der Waals surface area contributed by atoms with E-state index < -0.39 is 5.60 Å². The highest BCUT2D eigenvalue weighted by Gasteiger charge is 2.26. The van der Waals surface area contributed by atoms with E-state index in [0.717, 1.165) is 12.8 Å². The molecular weight excluding hydrogens is 148 g/mol. The van der Waals surface area contributed by atoms with Gasteiger partial charge in [0.15, 0.2) is 0 Å². The molecule has 1 unspecified atom stereocenters. The minimum Gasteiger partial charge on any atom is -0.386 e. The molecule has 0 amide bonds. The molecule has 0 heterocycles. The summed E-state index contributed by atoms with van der Waals surface area (Å²) in [6, 6.07) is 0. The molecule has 0 spiro atoms. The fourth-order valence-corrected chi connectivity index (χ4v) is 1.96. The van der Waals surface area contributed by atoms with Crippen LogP contribution in [-0.2, 0) is 0 Å². The van der Waals surface area contributed by atoms with Crippen molar-refractivity contribution in [2.75, 3.05) is 0 Å². The van der Waals surface area contributed by atoms with Crippen molar-refractivity contribution < 1.29 is 5.11 Å². The maximum Gasteiger partial charge on any atom is 0.0802 e. The quantitative estimate of drug-likeness (QED) is 0.594. The molecule has 1 N–H and O–H groups in total. The summed E-state index contributed by atoms with van der Waals surface area (Å²) in [5.74, 6) is 0.491. The van der Waals surface area contributed by atoms with Gasteiger partial charge in [0.1, 0.15) is 0 Å². The maximum absolute atomic E-state index is 9.74. The highest BCUT2D eigenvalue weighted by molar-refractivity contribution is 5.22. The van der Waals surface area contributed by atoms with E-state index in [1.807, 2.05) is 13.0 Å². The van der Waals surface area contributed by atoms with Crippen molar-refractivity contribution in [1.29, 1.82) is 0 Å². The monoisotopic (exact) mass is 166 g/mol. The highest BCUT2D eigenvalue weighted by Crippen LogP contribution is 2.34. The van der Waals surface area contributed by atoms with Crippen molar-refractivity contribution in [3.8, 4) is 0 Å². The lowest BCUT2D eigenvalue weighted by atomic mass is 9.78. The van der Waals surface area contributed by atoms with Gasteiger partial charge in [0.2, 0.25) is 0 Å². The first-order valence-electron chi connectivity index (χ1n) is 4.49.